The predicted molar refractivity (Wildman–Crippen MR) is 60.7 cm³/mol. The van der Waals surface area contributed by atoms with Crippen molar-refractivity contribution in [2.24, 2.45) is 0 Å². The summed E-state index contributed by atoms with van der Waals surface area (Å²) in [6.07, 6.45) is 2.00. The summed E-state index contributed by atoms with van der Waals surface area (Å²) in [4.78, 5) is 0. The van der Waals surface area contributed by atoms with Crippen LogP contribution in [0.4, 0.5) is 5.69 Å². The van der Waals surface area contributed by atoms with Crippen LogP contribution in [-0.2, 0) is 0 Å². The summed E-state index contributed by atoms with van der Waals surface area (Å²) < 4.78 is 4.41. The maximum Gasteiger partial charge on any atom is 0.237 e. The minimum Gasteiger partial charge on any atom is -0.277 e. The van der Waals surface area contributed by atoms with Crippen LogP contribution in [0, 0.1) is 0 Å². The molecule has 2 rings (SSSR count). The average molecular weight is 305 g/mol. The van der Waals surface area contributed by atoms with E-state index >= 15 is 0 Å². The van der Waals surface area contributed by atoms with Gasteiger partial charge in [0.1, 0.15) is 13.1 Å². The monoisotopic (exact) mass is 303 g/mol. The minimum absolute atomic E-state index is 1.01. The number of hydrogen-bond acceptors (Lipinski definition) is 1. The van der Waals surface area contributed by atoms with Crippen molar-refractivity contribution in [3.05, 3.63) is 27.1 Å². The van der Waals surface area contributed by atoms with Gasteiger partial charge in [-0.2, -0.15) is 0 Å². The highest BCUT2D eigenvalue weighted by Crippen LogP contribution is 2.32. The Balaban J connectivity index is 2.49. The Morgan fingerprint density at radius 1 is 1.23 bits per heavy atom. The molecule has 0 bridgehead atoms. The standard InChI is InChI=1S/C9H8Br2N2/c10-7-2-1-3-8(11)9(7)13-5-4-12-6-13/h1-3,6H,4-5H2/p+1. The summed E-state index contributed by atoms with van der Waals surface area (Å²) in [6, 6.07) is 6.11. The van der Waals surface area contributed by atoms with Crippen molar-refractivity contribution in [2.45, 2.75) is 0 Å². The first kappa shape index (κ1) is 9.21. The molecule has 1 aromatic rings. The van der Waals surface area contributed by atoms with Crippen LogP contribution in [-0.4, -0.2) is 24.0 Å². The molecule has 0 aromatic heterocycles. The van der Waals surface area contributed by atoms with Gasteiger partial charge in [-0.3, -0.25) is 5.32 Å². The molecule has 0 saturated heterocycles. The molecule has 1 aliphatic heterocycles. The fourth-order valence-corrected chi connectivity index (χ4v) is 2.82. The van der Waals surface area contributed by atoms with Gasteiger partial charge in [0.05, 0.1) is 8.95 Å². The van der Waals surface area contributed by atoms with Crippen LogP contribution >= 0.6 is 31.9 Å². The lowest BCUT2D eigenvalue weighted by Crippen LogP contribution is -2.05. The molecule has 68 valence electrons. The van der Waals surface area contributed by atoms with Crippen molar-refractivity contribution in [3.8, 4) is 0 Å². The molecule has 0 fully saturated rings. The van der Waals surface area contributed by atoms with Crippen LogP contribution in [0.2, 0.25) is 0 Å². The van der Waals surface area contributed by atoms with Crippen molar-refractivity contribution in [3.63, 3.8) is 0 Å². The molecule has 13 heavy (non-hydrogen) atoms. The van der Waals surface area contributed by atoms with Crippen LogP contribution in [0.5, 0.6) is 0 Å². The molecule has 0 radical (unpaired) electrons. The average Bonchev–Trinajstić information content (AvgIpc) is 2.57. The lowest BCUT2D eigenvalue weighted by molar-refractivity contribution is -0.425. The summed E-state index contributed by atoms with van der Waals surface area (Å²) in [5, 5.41) is 3.18. The summed E-state index contributed by atoms with van der Waals surface area (Å²) in [5.41, 5.74) is 1.19. The maximum atomic E-state index is 3.54. The highest BCUT2D eigenvalue weighted by Gasteiger charge is 2.16. The van der Waals surface area contributed by atoms with Gasteiger partial charge >= 0.3 is 0 Å². The zero-order chi connectivity index (χ0) is 9.26. The van der Waals surface area contributed by atoms with E-state index in [0.29, 0.717) is 0 Å². The third-order valence-corrected chi connectivity index (χ3v) is 3.25. The van der Waals surface area contributed by atoms with Crippen LogP contribution in [0.1, 0.15) is 0 Å². The zero-order valence-corrected chi connectivity index (χ0v) is 10.1. The van der Waals surface area contributed by atoms with E-state index in [4.69, 9.17) is 0 Å². The fourth-order valence-electron chi connectivity index (χ4n) is 1.36. The smallest absolute Gasteiger partial charge is 0.237 e. The summed E-state index contributed by atoms with van der Waals surface area (Å²) in [7, 11) is 0. The number of rotatable bonds is 1. The first-order valence-electron chi connectivity index (χ1n) is 4.06. The van der Waals surface area contributed by atoms with Crippen LogP contribution in [0.25, 0.3) is 0 Å². The van der Waals surface area contributed by atoms with E-state index in [1.807, 2.05) is 24.5 Å². The zero-order valence-electron chi connectivity index (χ0n) is 6.93. The maximum absolute atomic E-state index is 3.54. The van der Waals surface area contributed by atoms with Gasteiger partial charge in [0.2, 0.25) is 6.34 Å². The van der Waals surface area contributed by atoms with Gasteiger partial charge in [-0.15, -0.1) is 0 Å². The number of hydrogen-bond donors (Lipinski definition) is 1. The van der Waals surface area contributed by atoms with Crippen molar-refractivity contribution < 1.29 is 4.58 Å². The molecular weight excluding hydrogens is 296 g/mol. The Labute approximate surface area is 93.9 Å². The van der Waals surface area contributed by atoms with E-state index < -0.39 is 0 Å². The van der Waals surface area contributed by atoms with Crippen LogP contribution in [0.3, 0.4) is 0 Å². The molecule has 1 aliphatic rings. The topological polar surface area (TPSA) is 15.0 Å². The van der Waals surface area contributed by atoms with Gasteiger partial charge in [0.15, 0.2) is 5.69 Å². The molecular formula is C9H9Br2N2+. The number of nitrogens with zero attached hydrogens (tertiary/aromatic N) is 1. The number of halogens is 2. The van der Waals surface area contributed by atoms with Crippen molar-refractivity contribution in [2.75, 3.05) is 13.1 Å². The van der Waals surface area contributed by atoms with E-state index in [0.717, 1.165) is 22.0 Å². The lowest BCUT2D eigenvalue weighted by Gasteiger charge is -2.04. The predicted octanol–water partition coefficient (Wildman–Crippen LogP) is 2.49. The Bertz CT molecular complexity index is 340. The van der Waals surface area contributed by atoms with Crippen LogP contribution < -0.4 is 5.32 Å². The lowest BCUT2D eigenvalue weighted by atomic mass is 10.3. The molecule has 0 saturated carbocycles. The van der Waals surface area contributed by atoms with Gasteiger partial charge in [0.25, 0.3) is 0 Å². The second-order valence-corrected chi connectivity index (χ2v) is 4.56. The van der Waals surface area contributed by atoms with Gasteiger partial charge < -0.3 is 0 Å². The molecule has 2 nitrogen and oxygen atoms in total. The highest BCUT2D eigenvalue weighted by atomic mass is 79.9. The van der Waals surface area contributed by atoms with E-state index in [9.17, 15) is 0 Å². The third-order valence-electron chi connectivity index (χ3n) is 1.97. The largest absolute Gasteiger partial charge is 0.277 e. The molecule has 1 N–H and O–H groups in total. The van der Waals surface area contributed by atoms with Gasteiger partial charge in [-0.25, -0.2) is 4.58 Å². The molecule has 1 aromatic carbocycles. The van der Waals surface area contributed by atoms with E-state index in [1.165, 1.54) is 5.69 Å². The Kier molecular flexibility index (Phi) is 2.69. The fraction of sp³-hybridized carbons (Fsp3) is 0.222. The summed E-state index contributed by atoms with van der Waals surface area (Å²) in [5.74, 6) is 0. The van der Waals surface area contributed by atoms with Crippen molar-refractivity contribution >= 4 is 43.9 Å². The molecule has 0 atom stereocenters. The summed E-state index contributed by atoms with van der Waals surface area (Å²) in [6.45, 7) is 2.02. The number of benzene rings is 1. The van der Waals surface area contributed by atoms with Crippen LogP contribution in [0.15, 0.2) is 27.1 Å². The third kappa shape index (κ3) is 1.79. The number of para-hydroxylation sites is 1. The van der Waals surface area contributed by atoms with E-state index in [1.54, 1.807) is 0 Å². The van der Waals surface area contributed by atoms with Crippen molar-refractivity contribution in [1.29, 1.82) is 0 Å². The Morgan fingerprint density at radius 2 is 1.92 bits per heavy atom. The quantitative estimate of drug-likeness (QED) is 0.788. The molecule has 1 heterocycles. The second-order valence-electron chi connectivity index (χ2n) is 2.85. The molecule has 0 spiro atoms. The van der Waals surface area contributed by atoms with E-state index in [2.05, 4.69) is 41.8 Å². The van der Waals surface area contributed by atoms with Crippen molar-refractivity contribution in [1.82, 2.24) is 5.32 Å². The summed E-state index contributed by atoms with van der Waals surface area (Å²) >= 11 is 7.08. The molecule has 0 amide bonds. The first-order chi connectivity index (χ1) is 6.29. The molecule has 0 unspecified atom stereocenters. The first-order valence-corrected chi connectivity index (χ1v) is 5.65. The van der Waals surface area contributed by atoms with Gasteiger partial charge in [-0.1, -0.05) is 6.07 Å². The van der Waals surface area contributed by atoms with E-state index in [-0.39, 0.29) is 0 Å². The minimum atomic E-state index is 1.01. The molecule has 0 aliphatic carbocycles. The van der Waals surface area contributed by atoms with Gasteiger partial charge in [0, 0.05) is 0 Å². The second kappa shape index (κ2) is 3.80. The number of nitrogens with one attached hydrogen (secondary N) is 1. The SMILES string of the molecule is Brc1cccc(Br)c1[N+]1=CNCC1. The normalized spacial score (nSPS) is 15.4. The molecule has 4 heteroatoms. The Hall–Kier alpha value is -0.350. The van der Waals surface area contributed by atoms with Gasteiger partial charge in [-0.05, 0) is 44.0 Å². The Morgan fingerprint density at radius 3 is 2.46 bits per heavy atom. The highest BCUT2D eigenvalue weighted by molar-refractivity contribution is 9.11.